The predicted molar refractivity (Wildman–Crippen MR) is 129 cm³/mol. The largest absolute Gasteiger partial charge is 0.743 e. The molecule has 4 saturated carbocycles. The van der Waals surface area contributed by atoms with Gasteiger partial charge in [0.05, 0.1) is 0 Å². The van der Waals surface area contributed by atoms with Crippen LogP contribution in [0.2, 0.25) is 0 Å². The van der Waals surface area contributed by atoms with E-state index in [9.17, 15) is 35.6 Å². The van der Waals surface area contributed by atoms with Crippen molar-refractivity contribution in [3.8, 4) is 5.75 Å². The van der Waals surface area contributed by atoms with Crippen molar-refractivity contribution in [2.45, 2.75) is 74.9 Å². The fourth-order valence-corrected chi connectivity index (χ4v) is 11.3. The van der Waals surface area contributed by atoms with Crippen LogP contribution < -0.4 is 0 Å². The van der Waals surface area contributed by atoms with Gasteiger partial charge in [0.1, 0.15) is 17.3 Å². The van der Waals surface area contributed by atoms with Gasteiger partial charge in [-0.05, 0) is 118 Å². The van der Waals surface area contributed by atoms with Crippen molar-refractivity contribution < 1.29 is 35.6 Å². The van der Waals surface area contributed by atoms with Gasteiger partial charge in [0.2, 0.25) is 0 Å². The molecule has 5 aliphatic rings. The van der Waals surface area contributed by atoms with Gasteiger partial charge in [-0.3, -0.25) is 0 Å². The number of phenols is 1. The molecule has 0 aromatic heterocycles. The summed E-state index contributed by atoms with van der Waals surface area (Å²) in [5.74, 6) is -2.63. The van der Waals surface area contributed by atoms with Crippen LogP contribution in [0.3, 0.4) is 0 Å². The lowest BCUT2D eigenvalue weighted by molar-refractivity contribution is -0.210. The number of aromatic hydroxyl groups is 1. The third kappa shape index (κ3) is 4.08. The Labute approximate surface area is 213 Å². The molecule has 1 aromatic rings. The van der Waals surface area contributed by atoms with Gasteiger partial charge >= 0.3 is 11.2 Å². The smallest absolute Gasteiger partial charge is 0.396 e. The number of benzene rings is 1. The van der Waals surface area contributed by atoms with Crippen LogP contribution in [0.15, 0.2) is 17.0 Å². The number of rotatable bonds is 4. The molecule has 5 fully saturated rings. The van der Waals surface area contributed by atoms with E-state index in [0.29, 0.717) is 40.8 Å². The Kier molecular flexibility index (Phi) is 6.68. The van der Waals surface area contributed by atoms with Crippen molar-refractivity contribution >= 4 is 21.0 Å². The normalized spacial score (nSPS) is 35.7. The molecule has 202 valence electrons. The zero-order chi connectivity index (χ0) is 26.2. The van der Waals surface area contributed by atoms with Crippen LogP contribution in [-0.2, 0) is 21.0 Å². The number of halogens is 4. The SMILES string of the molecule is Cc1cc([S+]2CCCC2)cc(C)c1O.O=S(=O)([O-])C(F)(F)C(F)(F)C1CC2CC1C1C3CCC(C3)C21. The van der Waals surface area contributed by atoms with E-state index in [1.54, 1.807) is 0 Å². The van der Waals surface area contributed by atoms with E-state index in [4.69, 9.17) is 0 Å². The van der Waals surface area contributed by atoms with Gasteiger partial charge in [0.15, 0.2) is 15.0 Å². The Morgan fingerprint density at radius 3 is 2.03 bits per heavy atom. The van der Waals surface area contributed by atoms with Crippen LogP contribution in [0.25, 0.3) is 0 Å². The van der Waals surface area contributed by atoms with Crippen molar-refractivity contribution in [2.24, 2.45) is 41.4 Å². The first-order chi connectivity index (χ1) is 16.7. The molecule has 1 aromatic carbocycles. The summed E-state index contributed by atoms with van der Waals surface area (Å²) in [6.45, 7) is 3.98. The van der Waals surface area contributed by atoms with Crippen molar-refractivity contribution in [3.05, 3.63) is 23.3 Å². The van der Waals surface area contributed by atoms with Gasteiger partial charge in [-0.25, -0.2) is 8.42 Å². The minimum atomic E-state index is -6.38. The second kappa shape index (κ2) is 9.04. The van der Waals surface area contributed by atoms with Crippen LogP contribution in [0.5, 0.6) is 5.75 Å². The summed E-state index contributed by atoms with van der Waals surface area (Å²) in [7, 11) is -5.91. The van der Waals surface area contributed by atoms with Crippen LogP contribution in [0, 0.1) is 55.3 Å². The average Bonchev–Trinajstić information content (AvgIpc) is 3.61. The first-order valence-corrected chi connectivity index (χ1v) is 15.9. The number of fused-ring (bicyclic) bond motifs is 9. The molecule has 36 heavy (non-hydrogen) atoms. The Morgan fingerprint density at radius 1 is 0.917 bits per heavy atom. The molecule has 6 rings (SSSR count). The Balaban J connectivity index is 0.000000165. The standard InChI is InChI=1S/C14H18F4O3S.C12H16OS/c15-13(16,14(17,18)22(19,20)21)10-5-8-4-9(10)12-7-2-1-6(3-7)11(8)12;1-9-7-11(8-10(2)12(9)13)14-5-3-4-6-14/h6-12H,1-5H2,(H,19,20,21);7-8H,3-6H2,1-2H3. The highest BCUT2D eigenvalue weighted by Gasteiger charge is 2.73. The van der Waals surface area contributed by atoms with Crippen molar-refractivity contribution in [1.82, 2.24) is 0 Å². The summed E-state index contributed by atoms with van der Waals surface area (Å²) in [6, 6.07) is 4.33. The molecule has 0 spiro atoms. The van der Waals surface area contributed by atoms with Crippen LogP contribution in [0.4, 0.5) is 17.6 Å². The van der Waals surface area contributed by atoms with Crippen molar-refractivity contribution in [3.63, 3.8) is 0 Å². The second-order valence-electron chi connectivity index (χ2n) is 11.6. The number of aryl methyl sites for hydroxylation is 2. The molecule has 1 saturated heterocycles. The molecule has 1 N–H and O–H groups in total. The van der Waals surface area contributed by atoms with Crippen LogP contribution in [-0.4, -0.2) is 40.8 Å². The van der Waals surface area contributed by atoms with Crippen LogP contribution in [0.1, 0.15) is 56.1 Å². The average molecular weight is 551 g/mol. The molecule has 1 aliphatic heterocycles. The minimum absolute atomic E-state index is 0.00803. The van der Waals surface area contributed by atoms with E-state index in [0.717, 1.165) is 30.4 Å². The molecule has 0 amide bonds. The van der Waals surface area contributed by atoms with E-state index in [-0.39, 0.29) is 18.3 Å². The maximum absolute atomic E-state index is 14.2. The first-order valence-electron chi connectivity index (χ1n) is 12.9. The summed E-state index contributed by atoms with van der Waals surface area (Å²) in [6.07, 6.45) is 6.22. The molecular formula is C26H34F4O4S2. The number of hydrogen-bond donors (Lipinski definition) is 1. The second-order valence-corrected chi connectivity index (χ2v) is 15.3. The van der Waals surface area contributed by atoms with Gasteiger partial charge in [0, 0.05) is 16.8 Å². The summed E-state index contributed by atoms with van der Waals surface area (Å²) < 4.78 is 87.5. The maximum atomic E-state index is 14.2. The highest BCUT2D eigenvalue weighted by Crippen LogP contribution is 2.71. The first kappa shape index (κ1) is 26.6. The van der Waals surface area contributed by atoms with Crippen molar-refractivity contribution in [1.29, 1.82) is 0 Å². The van der Waals surface area contributed by atoms with E-state index < -0.39 is 33.1 Å². The maximum Gasteiger partial charge on any atom is 0.396 e. The third-order valence-electron chi connectivity index (χ3n) is 9.73. The van der Waals surface area contributed by atoms with Gasteiger partial charge < -0.3 is 9.66 Å². The van der Waals surface area contributed by atoms with Crippen molar-refractivity contribution in [2.75, 3.05) is 11.5 Å². The molecule has 10 heteroatoms. The summed E-state index contributed by atoms with van der Waals surface area (Å²) >= 11 is 0. The van der Waals surface area contributed by atoms with E-state index in [2.05, 4.69) is 12.1 Å². The molecule has 0 radical (unpaired) electrons. The molecule has 4 aliphatic carbocycles. The van der Waals surface area contributed by atoms with Gasteiger partial charge in [0.25, 0.3) is 0 Å². The van der Waals surface area contributed by atoms with Gasteiger partial charge in [-0.1, -0.05) is 0 Å². The lowest BCUT2D eigenvalue weighted by Crippen LogP contribution is -2.54. The molecule has 7 unspecified atom stereocenters. The van der Waals surface area contributed by atoms with E-state index in [1.807, 2.05) is 13.8 Å². The van der Waals surface area contributed by atoms with E-state index >= 15 is 0 Å². The Hall–Kier alpha value is -1.00. The van der Waals surface area contributed by atoms with Crippen LogP contribution >= 0.6 is 0 Å². The number of phenolic OH excluding ortho intramolecular Hbond substituents is 1. The quantitative estimate of drug-likeness (QED) is 0.221. The number of hydrogen-bond acceptors (Lipinski definition) is 4. The number of alkyl halides is 4. The summed E-state index contributed by atoms with van der Waals surface area (Å²) in [4.78, 5) is 1.45. The molecular weight excluding hydrogens is 516 g/mol. The van der Waals surface area contributed by atoms with E-state index in [1.165, 1.54) is 29.2 Å². The lowest BCUT2D eigenvalue weighted by atomic mass is 9.66. The Morgan fingerprint density at radius 2 is 1.47 bits per heavy atom. The zero-order valence-electron chi connectivity index (χ0n) is 20.6. The summed E-state index contributed by atoms with van der Waals surface area (Å²) in [5, 5.41) is 4.15. The highest BCUT2D eigenvalue weighted by molar-refractivity contribution is 7.97. The molecule has 1 heterocycles. The fraction of sp³-hybridized carbons (Fsp3) is 0.769. The summed E-state index contributed by atoms with van der Waals surface area (Å²) in [5.41, 5.74) is 2.05. The lowest BCUT2D eigenvalue weighted by Gasteiger charge is -2.43. The monoisotopic (exact) mass is 550 g/mol. The van der Waals surface area contributed by atoms with Gasteiger partial charge in [-0.15, -0.1) is 0 Å². The van der Waals surface area contributed by atoms with Gasteiger partial charge in [-0.2, -0.15) is 17.6 Å². The minimum Gasteiger partial charge on any atom is -0.743 e. The highest BCUT2D eigenvalue weighted by atomic mass is 32.2. The zero-order valence-corrected chi connectivity index (χ0v) is 22.2. The predicted octanol–water partition coefficient (Wildman–Crippen LogP) is 5.86. The fourth-order valence-electron chi connectivity index (χ4n) is 8.34. The Bertz CT molecular complexity index is 1100. The topological polar surface area (TPSA) is 77.4 Å². The third-order valence-corrected chi connectivity index (χ3v) is 13.1. The molecule has 4 bridgehead atoms. The molecule has 7 atom stereocenters. The molecule has 4 nitrogen and oxygen atoms in total.